The molecule has 0 spiro atoms. The van der Waals surface area contributed by atoms with Crippen LogP contribution in [0.1, 0.15) is 28.8 Å². The van der Waals surface area contributed by atoms with Crippen LogP contribution in [0.25, 0.3) is 16.7 Å². The Morgan fingerprint density at radius 1 is 1.22 bits per heavy atom. The number of carbonyl (C=O) groups is 1. The highest BCUT2D eigenvalue weighted by molar-refractivity contribution is 5.95. The number of imidazole rings is 1. The molecule has 36 heavy (non-hydrogen) atoms. The molecule has 0 radical (unpaired) electrons. The van der Waals surface area contributed by atoms with Crippen LogP contribution in [-0.4, -0.2) is 40.3 Å². The number of carbonyl (C=O) groups excluding carboxylic acids is 1. The van der Waals surface area contributed by atoms with Crippen molar-refractivity contribution in [3.63, 3.8) is 0 Å². The van der Waals surface area contributed by atoms with Gasteiger partial charge in [0, 0.05) is 49.2 Å². The van der Waals surface area contributed by atoms with Gasteiger partial charge in [-0.2, -0.15) is 0 Å². The molecule has 1 aromatic heterocycles. The normalized spacial score (nSPS) is 14.2. The van der Waals surface area contributed by atoms with Crippen molar-refractivity contribution in [3.05, 3.63) is 71.8 Å². The van der Waals surface area contributed by atoms with Crippen LogP contribution >= 0.6 is 0 Å². The lowest BCUT2D eigenvalue weighted by molar-refractivity contribution is 0.0699. The smallest absolute Gasteiger partial charge is 0.248 e. The van der Waals surface area contributed by atoms with E-state index in [4.69, 9.17) is 15.2 Å². The molecule has 8 nitrogen and oxygen atoms in total. The van der Waals surface area contributed by atoms with Gasteiger partial charge in [-0.1, -0.05) is 0 Å². The maximum Gasteiger partial charge on any atom is 0.248 e. The third-order valence-corrected chi connectivity index (χ3v) is 6.44. The number of aromatic nitrogens is 2. The SMILES string of the molecule is Cc1cc(-n2cnc3c(NCC4CCOCC4)cc(Oc4ccc(O)cc4F)cc32)ccc1C(N)=O. The molecule has 1 aliphatic heterocycles. The molecule has 1 aliphatic rings. The van der Waals surface area contributed by atoms with Crippen molar-refractivity contribution in [1.29, 1.82) is 0 Å². The molecule has 5 rings (SSSR count). The van der Waals surface area contributed by atoms with Crippen LogP contribution in [0.4, 0.5) is 10.1 Å². The lowest BCUT2D eigenvalue weighted by Gasteiger charge is -2.23. The summed E-state index contributed by atoms with van der Waals surface area (Å²) in [7, 11) is 0. The highest BCUT2D eigenvalue weighted by Crippen LogP contribution is 2.35. The molecule has 0 saturated carbocycles. The van der Waals surface area contributed by atoms with E-state index in [1.165, 1.54) is 12.1 Å². The fourth-order valence-corrected chi connectivity index (χ4v) is 4.47. The number of rotatable bonds is 7. The van der Waals surface area contributed by atoms with E-state index in [1.54, 1.807) is 30.6 Å². The number of fused-ring (bicyclic) bond motifs is 1. The van der Waals surface area contributed by atoms with Gasteiger partial charge in [-0.15, -0.1) is 0 Å². The molecule has 2 heterocycles. The second-order valence-corrected chi connectivity index (χ2v) is 8.97. The monoisotopic (exact) mass is 490 g/mol. The summed E-state index contributed by atoms with van der Waals surface area (Å²) in [5.41, 5.74) is 9.70. The minimum atomic E-state index is -0.669. The van der Waals surface area contributed by atoms with Gasteiger partial charge in [0.25, 0.3) is 0 Å². The Balaban J connectivity index is 1.55. The van der Waals surface area contributed by atoms with Crippen LogP contribution in [0, 0.1) is 18.7 Å². The summed E-state index contributed by atoms with van der Waals surface area (Å²) in [5.74, 6) is -0.455. The van der Waals surface area contributed by atoms with Crippen molar-refractivity contribution < 1.29 is 23.8 Å². The quantitative estimate of drug-likeness (QED) is 0.340. The Morgan fingerprint density at radius 2 is 2.03 bits per heavy atom. The molecule has 0 bridgehead atoms. The highest BCUT2D eigenvalue weighted by atomic mass is 19.1. The second-order valence-electron chi connectivity index (χ2n) is 8.97. The number of nitrogens with zero attached hydrogens (tertiary/aromatic N) is 2. The number of aromatic hydroxyl groups is 1. The van der Waals surface area contributed by atoms with Gasteiger partial charge in [0.2, 0.25) is 5.91 Å². The van der Waals surface area contributed by atoms with Crippen LogP contribution in [0.5, 0.6) is 17.2 Å². The first kappa shape index (κ1) is 23.6. The van der Waals surface area contributed by atoms with Crippen molar-refractivity contribution in [3.8, 4) is 22.9 Å². The number of ether oxygens (including phenoxy) is 2. The molecular weight excluding hydrogens is 463 g/mol. The minimum absolute atomic E-state index is 0.00440. The first-order chi connectivity index (χ1) is 17.4. The second kappa shape index (κ2) is 9.87. The zero-order chi connectivity index (χ0) is 25.2. The number of nitrogens with one attached hydrogen (secondary N) is 1. The summed E-state index contributed by atoms with van der Waals surface area (Å²) < 4.78 is 27.6. The summed E-state index contributed by atoms with van der Waals surface area (Å²) in [4.78, 5) is 16.3. The molecule has 4 aromatic rings. The largest absolute Gasteiger partial charge is 0.508 e. The Hall–Kier alpha value is -4.11. The van der Waals surface area contributed by atoms with E-state index in [0.717, 1.165) is 66.6 Å². The molecule has 186 valence electrons. The van der Waals surface area contributed by atoms with Crippen molar-refractivity contribution in [2.24, 2.45) is 11.7 Å². The van der Waals surface area contributed by atoms with Gasteiger partial charge in [-0.25, -0.2) is 9.37 Å². The van der Waals surface area contributed by atoms with E-state index in [1.807, 2.05) is 17.6 Å². The summed E-state index contributed by atoms with van der Waals surface area (Å²) >= 11 is 0. The standard InChI is InChI=1S/C27H27FN4O4/c1-16-10-18(2-4-21(16)27(29)34)32-15-31-26-23(30-14-17-6-8-35-9-7-17)12-20(13-24(26)32)36-25-5-3-19(33)11-22(25)28/h2-5,10-13,15,17,30,33H,6-9,14H2,1H3,(H2,29,34). The lowest BCUT2D eigenvalue weighted by Crippen LogP contribution is -2.22. The maximum absolute atomic E-state index is 14.4. The fraction of sp³-hybridized carbons (Fsp3) is 0.259. The summed E-state index contributed by atoms with van der Waals surface area (Å²) in [5, 5.41) is 13.0. The Bertz CT molecular complexity index is 1430. The van der Waals surface area contributed by atoms with Gasteiger partial charge in [0.15, 0.2) is 11.6 Å². The third-order valence-electron chi connectivity index (χ3n) is 6.44. The summed E-state index contributed by atoms with van der Waals surface area (Å²) in [6.45, 7) is 4.07. The first-order valence-electron chi connectivity index (χ1n) is 11.8. The molecule has 1 fully saturated rings. The van der Waals surface area contributed by atoms with Gasteiger partial charge in [0.05, 0.1) is 11.2 Å². The number of halogens is 1. The third kappa shape index (κ3) is 4.83. The molecule has 4 N–H and O–H groups in total. The van der Waals surface area contributed by atoms with E-state index >= 15 is 0 Å². The van der Waals surface area contributed by atoms with Crippen LogP contribution in [0.15, 0.2) is 54.9 Å². The lowest BCUT2D eigenvalue weighted by atomic mass is 10.0. The minimum Gasteiger partial charge on any atom is -0.508 e. The van der Waals surface area contributed by atoms with Gasteiger partial charge < -0.3 is 25.6 Å². The first-order valence-corrected chi connectivity index (χ1v) is 11.8. The maximum atomic E-state index is 14.4. The van der Waals surface area contributed by atoms with Gasteiger partial charge in [0.1, 0.15) is 23.3 Å². The number of benzene rings is 3. The van der Waals surface area contributed by atoms with E-state index in [9.17, 15) is 14.3 Å². The topological polar surface area (TPSA) is 112 Å². The number of phenols is 1. The number of amides is 1. The molecule has 0 atom stereocenters. The van der Waals surface area contributed by atoms with E-state index in [2.05, 4.69) is 10.3 Å². The molecule has 9 heteroatoms. The summed E-state index contributed by atoms with van der Waals surface area (Å²) in [6, 6.07) is 12.7. The molecular formula is C27H27FN4O4. The predicted molar refractivity (Wildman–Crippen MR) is 134 cm³/mol. The number of hydrogen-bond acceptors (Lipinski definition) is 6. The zero-order valence-electron chi connectivity index (χ0n) is 19.8. The van der Waals surface area contributed by atoms with Crippen molar-refractivity contribution in [2.45, 2.75) is 19.8 Å². The van der Waals surface area contributed by atoms with Crippen molar-refractivity contribution in [2.75, 3.05) is 25.1 Å². The van der Waals surface area contributed by atoms with Gasteiger partial charge in [-0.05, 0) is 61.6 Å². The van der Waals surface area contributed by atoms with Crippen LogP contribution in [-0.2, 0) is 4.74 Å². The van der Waals surface area contributed by atoms with E-state index < -0.39 is 11.7 Å². The molecule has 0 aliphatic carbocycles. The van der Waals surface area contributed by atoms with Crippen LogP contribution < -0.4 is 15.8 Å². The molecule has 0 unspecified atom stereocenters. The number of anilines is 1. The average Bonchev–Trinajstić information content (AvgIpc) is 3.29. The van der Waals surface area contributed by atoms with Gasteiger partial charge in [-0.3, -0.25) is 9.36 Å². The summed E-state index contributed by atoms with van der Waals surface area (Å²) in [6.07, 6.45) is 3.66. The zero-order valence-corrected chi connectivity index (χ0v) is 19.8. The van der Waals surface area contributed by atoms with E-state index in [0.29, 0.717) is 17.2 Å². The van der Waals surface area contributed by atoms with Crippen molar-refractivity contribution >= 4 is 22.6 Å². The Labute approximate surface area is 207 Å². The Morgan fingerprint density at radius 3 is 2.75 bits per heavy atom. The molecule has 3 aromatic carbocycles. The van der Waals surface area contributed by atoms with Gasteiger partial charge >= 0.3 is 0 Å². The van der Waals surface area contributed by atoms with Crippen LogP contribution in [0.3, 0.4) is 0 Å². The Kier molecular flexibility index (Phi) is 6.47. The fourth-order valence-electron chi connectivity index (χ4n) is 4.47. The molecule has 1 amide bonds. The highest BCUT2D eigenvalue weighted by Gasteiger charge is 2.18. The number of aryl methyl sites for hydroxylation is 1. The number of hydrogen-bond donors (Lipinski definition) is 3. The average molecular weight is 491 g/mol. The number of primary amides is 1. The predicted octanol–water partition coefficient (Wildman–Crippen LogP) is 4.91. The molecule has 1 saturated heterocycles. The van der Waals surface area contributed by atoms with E-state index in [-0.39, 0.29) is 11.5 Å². The number of phenolic OH excluding ortho intramolecular Hbond substituents is 1. The van der Waals surface area contributed by atoms with Crippen molar-refractivity contribution in [1.82, 2.24) is 9.55 Å². The number of nitrogens with two attached hydrogens (primary N) is 1. The van der Waals surface area contributed by atoms with Crippen LogP contribution in [0.2, 0.25) is 0 Å².